The van der Waals surface area contributed by atoms with E-state index in [4.69, 9.17) is 0 Å². The topological polar surface area (TPSA) is 36.7 Å². The van der Waals surface area contributed by atoms with Crippen molar-refractivity contribution in [3.63, 3.8) is 0 Å². The Hall–Kier alpha value is -2.70. The van der Waals surface area contributed by atoms with E-state index in [1.54, 1.807) is 11.3 Å². The number of rotatable bonds is 3. The van der Waals surface area contributed by atoms with Gasteiger partial charge >= 0.3 is 0 Å². The summed E-state index contributed by atoms with van der Waals surface area (Å²) in [4.78, 5) is 4.50. The first-order chi connectivity index (χ1) is 10.4. The van der Waals surface area contributed by atoms with Crippen LogP contribution in [0.1, 0.15) is 10.6 Å². The van der Waals surface area contributed by atoms with Crippen LogP contribution in [0.5, 0.6) is 0 Å². The van der Waals surface area contributed by atoms with Gasteiger partial charge in [0.1, 0.15) is 11.1 Å². The van der Waals surface area contributed by atoms with Gasteiger partial charge in [-0.15, -0.1) is 11.3 Å². The highest BCUT2D eigenvalue weighted by atomic mass is 32.1. The lowest BCUT2D eigenvalue weighted by Gasteiger charge is -1.90. The molecule has 0 saturated heterocycles. The van der Waals surface area contributed by atoms with Gasteiger partial charge in [-0.2, -0.15) is 5.26 Å². The molecule has 3 aromatic rings. The molecule has 0 aliphatic carbocycles. The zero-order valence-electron chi connectivity index (χ0n) is 11.2. The van der Waals surface area contributed by atoms with Crippen LogP contribution in [0.3, 0.4) is 0 Å². The number of thiazole rings is 1. The van der Waals surface area contributed by atoms with Crippen LogP contribution in [-0.2, 0) is 0 Å². The van der Waals surface area contributed by atoms with Crippen molar-refractivity contribution >= 4 is 33.2 Å². The van der Waals surface area contributed by atoms with Crippen molar-refractivity contribution in [3.05, 3.63) is 77.3 Å². The molecule has 0 fully saturated rings. The second kappa shape index (κ2) is 6.17. The summed E-state index contributed by atoms with van der Waals surface area (Å²) in [5.41, 5.74) is 2.63. The van der Waals surface area contributed by atoms with E-state index in [1.807, 2.05) is 72.8 Å². The molecule has 0 radical (unpaired) electrons. The SMILES string of the molecule is N#CC(=CC=Cc1ccccc1)c1nc2ccccc2s1. The highest BCUT2D eigenvalue weighted by molar-refractivity contribution is 7.19. The van der Waals surface area contributed by atoms with E-state index >= 15 is 0 Å². The Kier molecular flexibility index (Phi) is 3.90. The maximum atomic E-state index is 9.32. The Morgan fingerprint density at radius 2 is 1.81 bits per heavy atom. The van der Waals surface area contributed by atoms with Crippen molar-refractivity contribution in [3.8, 4) is 6.07 Å². The van der Waals surface area contributed by atoms with Gasteiger partial charge < -0.3 is 0 Å². The summed E-state index contributed by atoms with van der Waals surface area (Å²) < 4.78 is 1.10. The maximum absolute atomic E-state index is 9.32. The van der Waals surface area contributed by atoms with E-state index in [2.05, 4.69) is 11.1 Å². The maximum Gasteiger partial charge on any atom is 0.135 e. The normalized spacial score (nSPS) is 11.9. The lowest BCUT2D eigenvalue weighted by Crippen LogP contribution is -1.78. The first-order valence-corrected chi connectivity index (χ1v) is 7.38. The van der Waals surface area contributed by atoms with Gasteiger partial charge in [-0.05, 0) is 23.8 Å². The summed E-state index contributed by atoms with van der Waals surface area (Å²) in [6.07, 6.45) is 5.68. The number of nitrogens with zero attached hydrogens (tertiary/aromatic N) is 2. The van der Waals surface area contributed by atoms with E-state index in [0.29, 0.717) is 5.57 Å². The van der Waals surface area contributed by atoms with E-state index in [1.165, 1.54) is 0 Å². The molecule has 100 valence electrons. The van der Waals surface area contributed by atoms with Gasteiger partial charge in [0.25, 0.3) is 0 Å². The van der Waals surface area contributed by atoms with Gasteiger partial charge in [0, 0.05) is 0 Å². The summed E-state index contributed by atoms with van der Waals surface area (Å²) in [6, 6.07) is 20.1. The molecule has 1 aromatic heterocycles. The molecule has 3 heteroatoms. The first-order valence-electron chi connectivity index (χ1n) is 6.56. The van der Waals surface area contributed by atoms with Crippen molar-refractivity contribution in [2.24, 2.45) is 0 Å². The van der Waals surface area contributed by atoms with Crippen LogP contribution >= 0.6 is 11.3 Å². The van der Waals surface area contributed by atoms with E-state index < -0.39 is 0 Å². The highest BCUT2D eigenvalue weighted by Gasteiger charge is 2.06. The number of benzene rings is 2. The number of hydrogen-bond donors (Lipinski definition) is 0. The number of para-hydroxylation sites is 1. The minimum atomic E-state index is 0.586. The van der Waals surface area contributed by atoms with Crippen molar-refractivity contribution in [1.82, 2.24) is 4.98 Å². The lowest BCUT2D eigenvalue weighted by atomic mass is 10.2. The van der Waals surface area contributed by atoms with Crippen molar-refractivity contribution < 1.29 is 0 Å². The van der Waals surface area contributed by atoms with Gasteiger partial charge in [-0.3, -0.25) is 0 Å². The van der Waals surface area contributed by atoms with Crippen LogP contribution in [0.4, 0.5) is 0 Å². The largest absolute Gasteiger partial charge is 0.235 e. The number of allylic oxidation sites excluding steroid dienone is 3. The predicted molar refractivity (Wildman–Crippen MR) is 88.7 cm³/mol. The molecule has 2 aromatic carbocycles. The summed E-state index contributed by atoms with van der Waals surface area (Å²) in [6.45, 7) is 0. The fourth-order valence-corrected chi connectivity index (χ4v) is 2.90. The van der Waals surface area contributed by atoms with E-state index in [-0.39, 0.29) is 0 Å². The highest BCUT2D eigenvalue weighted by Crippen LogP contribution is 2.26. The molecule has 0 aliphatic rings. The minimum Gasteiger partial charge on any atom is -0.235 e. The molecule has 0 aliphatic heterocycles. The predicted octanol–water partition coefficient (Wildman–Crippen LogP) is 4.92. The molecule has 1 heterocycles. The van der Waals surface area contributed by atoms with Gasteiger partial charge in [0.05, 0.1) is 15.8 Å². The van der Waals surface area contributed by atoms with Gasteiger partial charge in [0.15, 0.2) is 0 Å². The molecule has 21 heavy (non-hydrogen) atoms. The summed E-state index contributed by atoms with van der Waals surface area (Å²) >= 11 is 1.54. The third kappa shape index (κ3) is 3.07. The molecule has 0 unspecified atom stereocenters. The molecule has 0 spiro atoms. The first kappa shape index (κ1) is 13.3. The second-order valence-corrected chi connectivity index (χ2v) is 5.48. The fraction of sp³-hybridized carbons (Fsp3) is 0. The van der Waals surface area contributed by atoms with Gasteiger partial charge in [0.2, 0.25) is 0 Å². The molecular formula is C18H12N2S. The van der Waals surface area contributed by atoms with E-state index in [0.717, 1.165) is 20.8 Å². The Bertz CT molecular complexity index is 819. The standard InChI is InChI=1S/C18H12N2S/c19-13-15(10-6-9-14-7-2-1-3-8-14)18-20-16-11-4-5-12-17(16)21-18/h1-12H. The average Bonchev–Trinajstić information content (AvgIpc) is 2.96. The number of hydrogen-bond acceptors (Lipinski definition) is 3. The van der Waals surface area contributed by atoms with Crippen LogP contribution in [0.15, 0.2) is 66.7 Å². The summed E-state index contributed by atoms with van der Waals surface area (Å²) in [7, 11) is 0. The zero-order valence-corrected chi connectivity index (χ0v) is 12.0. The Morgan fingerprint density at radius 3 is 2.57 bits per heavy atom. The Labute approximate surface area is 127 Å². The molecule has 0 saturated carbocycles. The quantitative estimate of drug-likeness (QED) is 0.507. The Balaban J connectivity index is 1.89. The van der Waals surface area contributed by atoms with Gasteiger partial charge in [-0.1, -0.05) is 54.6 Å². The molecule has 0 amide bonds. The minimum absolute atomic E-state index is 0.586. The second-order valence-electron chi connectivity index (χ2n) is 4.45. The molecule has 3 rings (SSSR count). The van der Waals surface area contributed by atoms with E-state index in [9.17, 15) is 5.26 Å². The zero-order chi connectivity index (χ0) is 14.5. The van der Waals surface area contributed by atoms with Crippen molar-refractivity contribution in [2.45, 2.75) is 0 Å². The van der Waals surface area contributed by atoms with Crippen molar-refractivity contribution in [1.29, 1.82) is 5.26 Å². The van der Waals surface area contributed by atoms with Crippen LogP contribution in [0, 0.1) is 11.3 Å². The van der Waals surface area contributed by atoms with Crippen LogP contribution < -0.4 is 0 Å². The number of fused-ring (bicyclic) bond motifs is 1. The van der Waals surface area contributed by atoms with Crippen LogP contribution in [0.25, 0.3) is 21.9 Å². The molecule has 0 atom stereocenters. The van der Waals surface area contributed by atoms with Crippen LogP contribution in [0.2, 0.25) is 0 Å². The number of nitriles is 1. The average molecular weight is 288 g/mol. The smallest absolute Gasteiger partial charge is 0.135 e. The monoisotopic (exact) mass is 288 g/mol. The van der Waals surface area contributed by atoms with Gasteiger partial charge in [-0.25, -0.2) is 4.98 Å². The molecular weight excluding hydrogens is 276 g/mol. The summed E-state index contributed by atoms with van der Waals surface area (Å²) in [5, 5.41) is 10.1. The lowest BCUT2D eigenvalue weighted by molar-refractivity contribution is 1.43. The molecule has 0 N–H and O–H groups in total. The van der Waals surface area contributed by atoms with Crippen molar-refractivity contribution in [2.75, 3.05) is 0 Å². The number of aromatic nitrogens is 1. The molecule has 2 nitrogen and oxygen atoms in total. The molecule has 0 bridgehead atoms. The summed E-state index contributed by atoms with van der Waals surface area (Å²) in [5.74, 6) is 0. The van der Waals surface area contributed by atoms with Crippen LogP contribution in [-0.4, -0.2) is 4.98 Å². The third-order valence-corrected chi connectivity index (χ3v) is 4.07. The Morgan fingerprint density at radius 1 is 1.05 bits per heavy atom. The third-order valence-electron chi connectivity index (χ3n) is 3.00. The fourth-order valence-electron chi connectivity index (χ4n) is 1.96.